The van der Waals surface area contributed by atoms with Crippen LogP contribution in [-0.2, 0) is 19.5 Å². The third kappa shape index (κ3) is 5.67. The number of nitrogens with zero attached hydrogens (tertiary/aromatic N) is 3. The molecule has 0 saturated heterocycles. The Kier molecular flexibility index (Phi) is 7.00. The lowest BCUT2D eigenvalue weighted by atomic mass is 10.1. The third-order valence-electron chi connectivity index (χ3n) is 4.96. The Hall–Kier alpha value is -3.15. The smallest absolute Gasteiger partial charge is 0.191 e. The van der Waals surface area contributed by atoms with Crippen LogP contribution in [0.5, 0.6) is 0 Å². The molecule has 2 N–H and O–H groups in total. The zero-order chi connectivity index (χ0) is 20.6. The maximum atomic E-state index is 13.3. The highest BCUT2D eigenvalue weighted by molar-refractivity contribution is 5.79. The van der Waals surface area contributed by atoms with Gasteiger partial charge in [-0.05, 0) is 43.5 Å². The van der Waals surface area contributed by atoms with Gasteiger partial charge in [0.2, 0.25) is 0 Å². The van der Waals surface area contributed by atoms with E-state index in [1.807, 2.05) is 35.9 Å². The van der Waals surface area contributed by atoms with Crippen LogP contribution in [0.4, 0.5) is 4.39 Å². The van der Waals surface area contributed by atoms with Crippen LogP contribution < -0.4 is 10.6 Å². The van der Waals surface area contributed by atoms with Crippen molar-refractivity contribution >= 4 is 5.96 Å². The van der Waals surface area contributed by atoms with Crippen LogP contribution in [0.1, 0.15) is 28.1 Å². The molecule has 0 amide bonds. The molecule has 152 valence electrons. The fourth-order valence-electron chi connectivity index (χ4n) is 3.31. The van der Waals surface area contributed by atoms with Crippen molar-refractivity contribution in [1.29, 1.82) is 0 Å². The van der Waals surface area contributed by atoms with Crippen molar-refractivity contribution in [3.8, 4) is 0 Å². The molecule has 0 radical (unpaired) electrons. The monoisotopic (exact) mass is 393 g/mol. The van der Waals surface area contributed by atoms with Crippen molar-refractivity contribution < 1.29 is 4.39 Å². The predicted octanol–water partition coefficient (Wildman–Crippen LogP) is 3.60. The lowest BCUT2D eigenvalue weighted by molar-refractivity contribution is 0.625. The van der Waals surface area contributed by atoms with Gasteiger partial charge in [-0.1, -0.05) is 42.5 Å². The molecule has 5 nitrogen and oxygen atoms in total. The minimum absolute atomic E-state index is 0.205. The van der Waals surface area contributed by atoms with Crippen LogP contribution in [-0.4, -0.2) is 29.3 Å². The van der Waals surface area contributed by atoms with Crippen LogP contribution in [0.15, 0.2) is 59.6 Å². The summed E-state index contributed by atoms with van der Waals surface area (Å²) in [7, 11) is 1.75. The molecule has 0 fully saturated rings. The normalized spacial score (nSPS) is 11.5. The van der Waals surface area contributed by atoms with Crippen molar-refractivity contribution in [2.24, 2.45) is 4.99 Å². The molecule has 3 aromatic rings. The molecule has 0 saturated carbocycles. The Bertz CT molecular complexity index is 963. The lowest BCUT2D eigenvalue weighted by Crippen LogP contribution is -2.38. The average Bonchev–Trinajstić information content (AvgIpc) is 2.98. The van der Waals surface area contributed by atoms with Gasteiger partial charge in [0.15, 0.2) is 5.96 Å². The fourth-order valence-corrected chi connectivity index (χ4v) is 3.31. The second-order valence-corrected chi connectivity index (χ2v) is 7.03. The van der Waals surface area contributed by atoms with E-state index in [-0.39, 0.29) is 5.82 Å². The largest absolute Gasteiger partial charge is 0.356 e. The standard InChI is InChI=1S/C23H28FN5/c1-17-22(18(2)29(28-17)16-20-8-5-4-6-9-20)15-27-23(25-3)26-13-12-19-10-7-11-21(24)14-19/h4-11,14H,12-13,15-16H2,1-3H3,(H2,25,26,27). The first-order valence-electron chi connectivity index (χ1n) is 9.82. The Balaban J connectivity index is 1.55. The van der Waals surface area contributed by atoms with E-state index in [0.717, 1.165) is 35.9 Å². The minimum atomic E-state index is -0.205. The second-order valence-electron chi connectivity index (χ2n) is 7.03. The fraction of sp³-hybridized carbons (Fsp3) is 0.304. The van der Waals surface area contributed by atoms with Gasteiger partial charge in [-0.15, -0.1) is 0 Å². The summed E-state index contributed by atoms with van der Waals surface area (Å²) in [6, 6.07) is 17.0. The molecule has 1 aromatic heterocycles. The van der Waals surface area contributed by atoms with Gasteiger partial charge in [-0.3, -0.25) is 9.67 Å². The van der Waals surface area contributed by atoms with Crippen molar-refractivity contribution in [2.45, 2.75) is 33.4 Å². The van der Waals surface area contributed by atoms with Crippen molar-refractivity contribution in [3.63, 3.8) is 0 Å². The molecule has 3 rings (SSSR count). The Morgan fingerprint density at radius 2 is 1.79 bits per heavy atom. The van der Waals surface area contributed by atoms with Gasteiger partial charge < -0.3 is 10.6 Å². The molecule has 29 heavy (non-hydrogen) atoms. The Morgan fingerprint density at radius 1 is 1.03 bits per heavy atom. The minimum Gasteiger partial charge on any atom is -0.356 e. The number of hydrogen-bond donors (Lipinski definition) is 2. The first kappa shape index (κ1) is 20.6. The number of benzene rings is 2. The van der Waals surface area contributed by atoms with Crippen LogP contribution in [0.3, 0.4) is 0 Å². The van der Waals surface area contributed by atoms with Crippen LogP contribution in [0, 0.1) is 19.7 Å². The van der Waals surface area contributed by atoms with Crippen molar-refractivity contribution in [1.82, 2.24) is 20.4 Å². The maximum Gasteiger partial charge on any atom is 0.191 e. The highest BCUT2D eigenvalue weighted by Gasteiger charge is 2.12. The van der Waals surface area contributed by atoms with E-state index >= 15 is 0 Å². The summed E-state index contributed by atoms with van der Waals surface area (Å²) in [5, 5.41) is 11.3. The van der Waals surface area contributed by atoms with E-state index in [4.69, 9.17) is 5.10 Å². The Morgan fingerprint density at radius 3 is 2.52 bits per heavy atom. The summed E-state index contributed by atoms with van der Waals surface area (Å²) in [5.74, 6) is 0.513. The number of hydrogen-bond acceptors (Lipinski definition) is 2. The van der Waals surface area contributed by atoms with Crippen LogP contribution >= 0.6 is 0 Å². The number of guanidine groups is 1. The van der Waals surface area contributed by atoms with E-state index in [2.05, 4.69) is 34.7 Å². The molecule has 0 atom stereocenters. The second kappa shape index (κ2) is 9.87. The Labute approximate surface area is 171 Å². The maximum absolute atomic E-state index is 13.3. The van der Waals surface area contributed by atoms with Crippen molar-refractivity contribution in [3.05, 3.63) is 88.5 Å². The van der Waals surface area contributed by atoms with Crippen LogP contribution in [0.2, 0.25) is 0 Å². The zero-order valence-corrected chi connectivity index (χ0v) is 17.2. The summed E-state index contributed by atoms with van der Waals surface area (Å²) in [6.45, 7) is 6.21. The average molecular weight is 394 g/mol. The van der Waals surface area contributed by atoms with Gasteiger partial charge in [-0.25, -0.2) is 4.39 Å². The molecule has 0 spiro atoms. The van der Waals surface area contributed by atoms with Gasteiger partial charge in [-0.2, -0.15) is 5.10 Å². The first-order chi connectivity index (χ1) is 14.1. The van der Waals surface area contributed by atoms with Gasteiger partial charge >= 0.3 is 0 Å². The predicted molar refractivity (Wildman–Crippen MR) is 116 cm³/mol. The number of aryl methyl sites for hydroxylation is 1. The number of nitrogens with one attached hydrogen (secondary N) is 2. The quantitative estimate of drug-likeness (QED) is 0.476. The molecule has 0 aliphatic rings. The molecule has 2 aromatic carbocycles. The van der Waals surface area contributed by atoms with E-state index in [9.17, 15) is 4.39 Å². The number of halogens is 1. The van der Waals surface area contributed by atoms with Gasteiger partial charge in [0.25, 0.3) is 0 Å². The van der Waals surface area contributed by atoms with Gasteiger partial charge in [0.05, 0.1) is 12.2 Å². The highest BCUT2D eigenvalue weighted by atomic mass is 19.1. The molecule has 0 unspecified atom stereocenters. The number of aliphatic imine (C=N–C) groups is 1. The lowest BCUT2D eigenvalue weighted by Gasteiger charge is -2.12. The van der Waals surface area contributed by atoms with E-state index < -0.39 is 0 Å². The van der Waals surface area contributed by atoms with Crippen molar-refractivity contribution in [2.75, 3.05) is 13.6 Å². The first-order valence-corrected chi connectivity index (χ1v) is 9.82. The highest BCUT2D eigenvalue weighted by Crippen LogP contribution is 2.14. The molecule has 0 bridgehead atoms. The molecule has 6 heteroatoms. The van der Waals surface area contributed by atoms with Crippen LogP contribution in [0.25, 0.3) is 0 Å². The summed E-state index contributed by atoms with van der Waals surface area (Å²) < 4.78 is 15.3. The van der Waals surface area contributed by atoms with E-state index in [1.165, 1.54) is 17.2 Å². The topological polar surface area (TPSA) is 54.2 Å². The third-order valence-corrected chi connectivity index (χ3v) is 4.96. The van der Waals surface area contributed by atoms with E-state index in [1.54, 1.807) is 19.2 Å². The SMILES string of the molecule is CN=C(NCCc1cccc(F)c1)NCc1c(C)nn(Cc2ccccc2)c1C. The zero-order valence-electron chi connectivity index (χ0n) is 17.2. The number of aromatic nitrogens is 2. The summed E-state index contributed by atoms with van der Waals surface area (Å²) in [6.07, 6.45) is 0.728. The summed E-state index contributed by atoms with van der Waals surface area (Å²) >= 11 is 0. The number of rotatable bonds is 7. The van der Waals surface area contributed by atoms with E-state index in [0.29, 0.717) is 13.1 Å². The molecule has 1 heterocycles. The molecule has 0 aliphatic carbocycles. The summed E-state index contributed by atoms with van der Waals surface area (Å²) in [4.78, 5) is 4.28. The molecule has 0 aliphatic heterocycles. The van der Waals surface area contributed by atoms with Gasteiger partial charge in [0, 0.05) is 31.4 Å². The molecular formula is C23H28FN5. The van der Waals surface area contributed by atoms with Gasteiger partial charge in [0.1, 0.15) is 5.82 Å². The summed E-state index contributed by atoms with van der Waals surface area (Å²) in [5.41, 5.74) is 5.53. The molecular weight excluding hydrogens is 365 g/mol.